The number of carbonyl (C=O) groups is 1. The van der Waals surface area contributed by atoms with Crippen LogP contribution in [0.25, 0.3) is 0 Å². The predicted octanol–water partition coefficient (Wildman–Crippen LogP) is 2.01. The van der Waals surface area contributed by atoms with Crippen LogP contribution in [-0.2, 0) is 9.53 Å². The van der Waals surface area contributed by atoms with Crippen molar-refractivity contribution < 1.29 is 9.53 Å². The summed E-state index contributed by atoms with van der Waals surface area (Å²) in [6.45, 7) is 2.91. The van der Waals surface area contributed by atoms with Gasteiger partial charge in [0.25, 0.3) is 5.91 Å². The van der Waals surface area contributed by atoms with Gasteiger partial charge in [0.15, 0.2) is 0 Å². The van der Waals surface area contributed by atoms with E-state index >= 15 is 0 Å². The van der Waals surface area contributed by atoms with E-state index in [1.165, 1.54) is 0 Å². The second-order valence-corrected chi connectivity index (χ2v) is 5.15. The molecule has 0 aliphatic carbocycles. The molecule has 1 aromatic carbocycles. The Balaban J connectivity index is 2.13. The molecule has 1 aromatic rings. The minimum Gasteiger partial charge on any atom is -0.368 e. The summed E-state index contributed by atoms with van der Waals surface area (Å²) in [5.41, 5.74) is 6.64. The molecule has 1 amide bonds. The number of benzene rings is 1. The number of nitrogens with one attached hydrogen (secondary N) is 1. The smallest absolute Gasteiger partial charge is 0.253 e. The van der Waals surface area contributed by atoms with Crippen LogP contribution in [0.15, 0.2) is 18.2 Å². The fourth-order valence-electron chi connectivity index (χ4n) is 2.09. The van der Waals surface area contributed by atoms with Crippen LogP contribution in [0.1, 0.15) is 18.9 Å². The van der Waals surface area contributed by atoms with E-state index in [4.69, 9.17) is 22.1 Å². The Morgan fingerprint density at radius 1 is 1.60 bits per heavy atom. The fraction of sp³-hybridized carbons (Fsp3) is 0.400. The Kier molecular flexibility index (Phi) is 5.02. The van der Waals surface area contributed by atoms with E-state index in [0.717, 1.165) is 12.0 Å². The number of anilines is 1. The number of hydrogen-bond donors (Lipinski definition) is 2. The average Bonchev–Trinajstić information content (AvgIpc) is 2.86. The molecule has 1 fully saturated rings. The zero-order valence-corrected chi connectivity index (χ0v) is 12.0. The second kappa shape index (κ2) is 6.76. The van der Waals surface area contributed by atoms with Gasteiger partial charge in [-0.15, -0.1) is 0 Å². The molecule has 1 aliphatic rings. The van der Waals surface area contributed by atoms with Gasteiger partial charge in [-0.25, -0.2) is 0 Å². The molecule has 4 nitrogen and oxygen atoms in total. The van der Waals surface area contributed by atoms with Crippen LogP contribution in [0.2, 0.25) is 5.02 Å². The number of ether oxygens (including phenoxy) is 1. The quantitative estimate of drug-likeness (QED) is 0.820. The number of nitrogens with two attached hydrogens (primary N) is 1. The highest BCUT2D eigenvalue weighted by Gasteiger charge is 2.31. The standard InChI is InChI=1S/C15H17ClN2O2/c1-10-6-8-20-14(10)15(19)18-13-9-11(3-2-7-17)4-5-12(13)16/h4-5,9-10,14H,6-8,17H2,1H3,(H,18,19). The molecule has 0 saturated carbocycles. The molecule has 1 aliphatic heterocycles. The predicted molar refractivity (Wildman–Crippen MR) is 79.5 cm³/mol. The molecule has 20 heavy (non-hydrogen) atoms. The van der Waals surface area contributed by atoms with Crippen LogP contribution in [-0.4, -0.2) is 25.2 Å². The Bertz CT molecular complexity index is 563. The van der Waals surface area contributed by atoms with E-state index in [1.807, 2.05) is 6.92 Å². The Labute approximate surface area is 123 Å². The van der Waals surface area contributed by atoms with Crippen molar-refractivity contribution in [2.24, 2.45) is 11.7 Å². The minimum atomic E-state index is -0.412. The third-order valence-electron chi connectivity index (χ3n) is 3.20. The first-order valence-corrected chi connectivity index (χ1v) is 6.90. The largest absolute Gasteiger partial charge is 0.368 e. The molecular weight excluding hydrogens is 276 g/mol. The Hall–Kier alpha value is -1.54. The molecule has 0 aromatic heterocycles. The average molecular weight is 293 g/mol. The molecule has 0 bridgehead atoms. The van der Waals surface area contributed by atoms with Crippen molar-refractivity contribution in [1.29, 1.82) is 0 Å². The van der Waals surface area contributed by atoms with Gasteiger partial charge in [0, 0.05) is 12.2 Å². The number of amides is 1. The third kappa shape index (κ3) is 3.51. The highest BCUT2D eigenvalue weighted by molar-refractivity contribution is 6.33. The second-order valence-electron chi connectivity index (χ2n) is 4.75. The van der Waals surface area contributed by atoms with Crippen LogP contribution in [0.4, 0.5) is 5.69 Å². The van der Waals surface area contributed by atoms with Crippen molar-refractivity contribution in [2.75, 3.05) is 18.5 Å². The van der Waals surface area contributed by atoms with E-state index in [9.17, 15) is 4.79 Å². The van der Waals surface area contributed by atoms with Gasteiger partial charge < -0.3 is 15.8 Å². The third-order valence-corrected chi connectivity index (χ3v) is 3.53. The maximum absolute atomic E-state index is 12.2. The molecule has 0 radical (unpaired) electrons. The van der Waals surface area contributed by atoms with Crippen molar-refractivity contribution in [3.05, 3.63) is 28.8 Å². The summed E-state index contributed by atoms with van der Waals surface area (Å²) in [5.74, 6) is 5.72. The molecule has 3 N–H and O–H groups in total. The van der Waals surface area contributed by atoms with Gasteiger partial charge in [0.05, 0.1) is 17.3 Å². The van der Waals surface area contributed by atoms with Gasteiger partial charge >= 0.3 is 0 Å². The number of halogens is 1. The molecule has 2 atom stereocenters. The maximum Gasteiger partial charge on any atom is 0.253 e. The van der Waals surface area contributed by atoms with Crippen LogP contribution in [0.5, 0.6) is 0 Å². The van der Waals surface area contributed by atoms with Gasteiger partial charge in [0.2, 0.25) is 0 Å². The summed E-state index contributed by atoms with van der Waals surface area (Å²) in [7, 11) is 0. The lowest BCUT2D eigenvalue weighted by molar-refractivity contribution is -0.126. The van der Waals surface area contributed by atoms with Crippen LogP contribution >= 0.6 is 11.6 Å². The van der Waals surface area contributed by atoms with Crippen LogP contribution < -0.4 is 11.1 Å². The van der Waals surface area contributed by atoms with Gasteiger partial charge in [-0.3, -0.25) is 4.79 Å². The fourth-order valence-corrected chi connectivity index (χ4v) is 2.25. The normalized spacial score (nSPS) is 21.1. The van der Waals surface area contributed by atoms with Crippen molar-refractivity contribution >= 4 is 23.2 Å². The molecule has 2 rings (SSSR count). The first-order valence-electron chi connectivity index (χ1n) is 6.52. The van der Waals surface area contributed by atoms with Crippen molar-refractivity contribution in [3.63, 3.8) is 0 Å². The number of carbonyl (C=O) groups excluding carboxylic acids is 1. The van der Waals surface area contributed by atoms with Crippen LogP contribution in [0, 0.1) is 17.8 Å². The first kappa shape index (κ1) is 14.9. The minimum absolute atomic E-state index is 0.166. The summed E-state index contributed by atoms with van der Waals surface area (Å²) in [5, 5.41) is 3.28. The van der Waals surface area contributed by atoms with E-state index < -0.39 is 6.10 Å². The van der Waals surface area contributed by atoms with E-state index in [1.54, 1.807) is 18.2 Å². The summed E-state index contributed by atoms with van der Waals surface area (Å²) in [6, 6.07) is 5.23. The zero-order valence-electron chi connectivity index (χ0n) is 11.3. The van der Waals surface area contributed by atoms with Gasteiger partial charge in [0.1, 0.15) is 6.10 Å². The molecule has 106 valence electrons. The van der Waals surface area contributed by atoms with Gasteiger partial charge in [-0.1, -0.05) is 30.4 Å². The topological polar surface area (TPSA) is 64.3 Å². The molecule has 5 heteroatoms. The van der Waals surface area contributed by atoms with Gasteiger partial charge in [-0.05, 0) is 30.5 Å². The summed E-state index contributed by atoms with van der Waals surface area (Å²) in [6.07, 6.45) is 0.484. The zero-order chi connectivity index (χ0) is 14.5. The summed E-state index contributed by atoms with van der Waals surface area (Å²) >= 11 is 6.09. The molecule has 0 spiro atoms. The van der Waals surface area contributed by atoms with E-state index in [-0.39, 0.29) is 18.4 Å². The van der Waals surface area contributed by atoms with Crippen molar-refractivity contribution in [3.8, 4) is 11.8 Å². The highest BCUT2D eigenvalue weighted by atomic mass is 35.5. The lowest BCUT2D eigenvalue weighted by Crippen LogP contribution is -2.31. The van der Waals surface area contributed by atoms with Crippen molar-refractivity contribution in [2.45, 2.75) is 19.4 Å². The lowest BCUT2D eigenvalue weighted by Gasteiger charge is -2.15. The molecule has 2 unspecified atom stereocenters. The lowest BCUT2D eigenvalue weighted by atomic mass is 10.0. The first-order chi connectivity index (χ1) is 9.61. The Morgan fingerprint density at radius 3 is 3.05 bits per heavy atom. The highest BCUT2D eigenvalue weighted by Crippen LogP contribution is 2.26. The van der Waals surface area contributed by atoms with E-state index in [2.05, 4.69) is 17.2 Å². The van der Waals surface area contributed by atoms with E-state index in [0.29, 0.717) is 17.3 Å². The molecular formula is C15H17ClN2O2. The summed E-state index contributed by atoms with van der Waals surface area (Å²) < 4.78 is 5.43. The molecule has 1 heterocycles. The number of rotatable bonds is 2. The number of hydrogen-bond acceptors (Lipinski definition) is 3. The SMILES string of the molecule is CC1CCOC1C(=O)Nc1cc(C#CCN)ccc1Cl. The van der Waals surface area contributed by atoms with Crippen molar-refractivity contribution in [1.82, 2.24) is 0 Å². The molecule has 1 saturated heterocycles. The summed E-state index contributed by atoms with van der Waals surface area (Å²) in [4.78, 5) is 12.2. The van der Waals surface area contributed by atoms with Gasteiger partial charge in [-0.2, -0.15) is 0 Å². The Morgan fingerprint density at radius 2 is 2.40 bits per heavy atom. The monoisotopic (exact) mass is 292 g/mol. The van der Waals surface area contributed by atoms with Crippen LogP contribution in [0.3, 0.4) is 0 Å². The maximum atomic E-state index is 12.2.